The summed E-state index contributed by atoms with van der Waals surface area (Å²) in [5.74, 6) is 1.48. The van der Waals surface area contributed by atoms with E-state index in [0.29, 0.717) is 11.9 Å². The summed E-state index contributed by atoms with van der Waals surface area (Å²) in [7, 11) is 2.28. The number of nitrogens with one attached hydrogen (secondary N) is 1. The van der Waals surface area contributed by atoms with Crippen LogP contribution in [0, 0.1) is 6.92 Å². The largest absolute Gasteiger partial charge is 0.383 e. The van der Waals surface area contributed by atoms with Gasteiger partial charge in [0, 0.05) is 23.7 Å². The Bertz CT molecular complexity index is 447. The lowest BCUT2D eigenvalue weighted by Crippen LogP contribution is -2.52. The summed E-state index contributed by atoms with van der Waals surface area (Å²) in [5.41, 5.74) is 6.80. The van der Waals surface area contributed by atoms with Gasteiger partial charge in [-0.25, -0.2) is 9.97 Å². The van der Waals surface area contributed by atoms with Crippen LogP contribution in [-0.2, 0) is 0 Å². The molecular weight excluding hydrogens is 238 g/mol. The fourth-order valence-electron chi connectivity index (χ4n) is 3.54. The molecule has 5 nitrogen and oxygen atoms in total. The first-order valence-electron chi connectivity index (χ1n) is 7.20. The van der Waals surface area contributed by atoms with Crippen LogP contribution in [0.4, 0.5) is 11.6 Å². The number of piperidine rings is 2. The Balaban J connectivity index is 1.72. The maximum Gasteiger partial charge on any atom is 0.134 e. The third kappa shape index (κ3) is 2.39. The molecule has 1 aromatic rings. The van der Waals surface area contributed by atoms with Crippen molar-refractivity contribution in [3.05, 3.63) is 11.9 Å². The van der Waals surface area contributed by atoms with E-state index in [-0.39, 0.29) is 0 Å². The first-order chi connectivity index (χ1) is 9.15. The molecule has 2 aliphatic heterocycles. The van der Waals surface area contributed by atoms with Gasteiger partial charge < -0.3 is 16.0 Å². The molecule has 1 aromatic heterocycles. The Labute approximate surface area is 114 Å². The Kier molecular flexibility index (Phi) is 3.31. The van der Waals surface area contributed by atoms with E-state index in [1.54, 1.807) is 6.33 Å². The summed E-state index contributed by atoms with van der Waals surface area (Å²) in [5, 5.41) is 3.58. The average Bonchev–Trinajstić information content (AvgIpc) is 2.36. The van der Waals surface area contributed by atoms with Gasteiger partial charge in [-0.2, -0.15) is 0 Å². The van der Waals surface area contributed by atoms with Gasteiger partial charge in [-0.1, -0.05) is 6.42 Å². The maximum absolute atomic E-state index is 5.84. The molecule has 19 heavy (non-hydrogen) atoms. The van der Waals surface area contributed by atoms with Gasteiger partial charge in [-0.3, -0.25) is 0 Å². The van der Waals surface area contributed by atoms with Crippen molar-refractivity contribution in [1.29, 1.82) is 0 Å². The van der Waals surface area contributed by atoms with E-state index in [1.165, 1.54) is 32.1 Å². The number of fused-ring (bicyclic) bond motifs is 2. The van der Waals surface area contributed by atoms with Gasteiger partial charge in [-0.05, 0) is 39.7 Å². The molecule has 2 bridgehead atoms. The van der Waals surface area contributed by atoms with E-state index >= 15 is 0 Å². The Morgan fingerprint density at radius 2 is 1.95 bits per heavy atom. The number of nitrogens with two attached hydrogens (primary N) is 1. The van der Waals surface area contributed by atoms with Crippen LogP contribution < -0.4 is 11.1 Å². The van der Waals surface area contributed by atoms with Crippen LogP contribution in [0.3, 0.4) is 0 Å². The quantitative estimate of drug-likeness (QED) is 0.849. The van der Waals surface area contributed by atoms with E-state index in [4.69, 9.17) is 5.73 Å². The summed E-state index contributed by atoms with van der Waals surface area (Å²) < 4.78 is 0. The molecule has 2 fully saturated rings. The first-order valence-corrected chi connectivity index (χ1v) is 7.20. The molecule has 0 radical (unpaired) electrons. The number of nitrogens with zero attached hydrogens (tertiary/aromatic N) is 3. The number of anilines is 2. The number of nitrogen functional groups attached to an aromatic ring is 1. The first kappa shape index (κ1) is 12.7. The van der Waals surface area contributed by atoms with E-state index < -0.39 is 0 Å². The van der Waals surface area contributed by atoms with Crippen LogP contribution in [0.25, 0.3) is 0 Å². The average molecular weight is 261 g/mol. The van der Waals surface area contributed by atoms with Crippen LogP contribution in [-0.4, -0.2) is 40.0 Å². The molecule has 104 valence electrons. The molecule has 0 saturated carbocycles. The van der Waals surface area contributed by atoms with Crippen molar-refractivity contribution in [3.63, 3.8) is 0 Å². The second-order valence-electron chi connectivity index (χ2n) is 5.95. The number of hydrogen-bond acceptors (Lipinski definition) is 5. The summed E-state index contributed by atoms with van der Waals surface area (Å²) >= 11 is 0. The molecule has 0 spiro atoms. The predicted molar refractivity (Wildman–Crippen MR) is 77.0 cm³/mol. The lowest BCUT2D eigenvalue weighted by molar-refractivity contribution is 0.0608. The van der Waals surface area contributed by atoms with E-state index in [1.807, 2.05) is 6.92 Å². The van der Waals surface area contributed by atoms with Crippen molar-refractivity contribution in [2.75, 3.05) is 18.1 Å². The van der Waals surface area contributed by atoms with Gasteiger partial charge >= 0.3 is 0 Å². The fourth-order valence-corrected chi connectivity index (χ4v) is 3.54. The van der Waals surface area contributed by atoms with Crippen LogP contribution in [0.15, 0.2) is 6.33 Å². The molecule has 0 amide bonds. The number of rotatable bonds is 2. The molecule has 3 N–H and O–H groups in total. The molecule has 3 rings (SSSR count). The van der Waals surface area contributed by atoms with Gasteiger partial charge in [0.15, 0.2) is 0 Å². The van der Waals surface area contributed by atoms with Crippen molar-refractivity contribution in [2.45, 2.75) is 57.2 Å². The highest BCUT2D eigenvalue weighted by Crippen LogP contribution is 2.34. The monoisotopic (exact) mass is 261 g/mol. The normalized spacial score (nSPS) is 31.2. The molecule has 0 aromatic carbocycles. The lowest BCUT2D eigenvalue weighted by Gasteiger charge is -2.47. The Morgan fingerprint density at radius 1 is 1.26 bits per heavy atom. The lowest BCUT2D eigenvalue weighted by atomic mass is 9.82. The molecule has 2 atom stereocenters. The highest BCUT2D eigenvalue weighted by atomic mass is 15.2. The summed E-state index contributed by atoms with van der Waals surface area (Å²) in [4.78, 5) is 10.9. The van der Waals surface area contributed by atoms with Crippen molar-refractivity contribution in [2.24, 2.45) is 0 Å². The van der Waals surface area contributed by atoms with E-state index in [2.05, 4.69) is 27.2 Å². The second-order valence-corrected chi connectivity index (χ2v) is 5.95. The minimum atomic E-state index is 0.513. The molecule has 2 unspecified atom stereocenters. The van der Waals surface area contributed by atoms with Crippen molar-refractivity contribution < 1.29 is 0 Å². The summed E-state index contributed by atoms with van der Waals surface area (Å²) in [6, 6.07) is 1.97. The highest BCUT2D eigenvalue weighted by molar-refractivity contribution is 5.54. The summed E-state index contributed by atoms with van der Waals surface area (Å²) in [6.45, 7) is 1.98. The van der Waals surface area contributed by atoms with Gasteiger partial charge in [0.05, 0.1) is 0 Å². The molecule has 2 saturated heterocycles. The summed E-state index contributed by atoms with van der Waals surface area (Å²) in [6.07, 6.45) is 7.99. The van der Waals surface area contributed by atoms with Crippen molar-refractivity contribution >= 4 is 11.6 Å². The minimum Gasteiger partial charge on any atom is -0.383 e. The number of aromatic nitrogens is 2. The van der Waals surface area contributed by atoms with Gasteiger partial charge in [0.1, 0.15) is 18.0 Å². The van der Waals surface area contributed by atoms with Crippen LogP contribution >= 0.6 is 0 Å². The highest BCUT2D eigenvalue weighted by Gasteiger charge is 2.36. The topological polar surface area (TPSA) is 67.1 Å². The zero-order valence-electron chi connectivity index (χ0n) is 11.8. The Morgan fingerprint density at radius 3 is 2.63 bits per heavy atom. The van der Waals surface area contributed by atoms with Gasteiger partial charge in [-0.15, -0.1) is 0 Å². The standard InChI is InChI=1S/C14H23N5/c1-9-13(15)16-8-17-14(9)18-10-6-11-4-3-5-12(7-10)19(11)2/h8,10-12H,3-7H2,1-2H3,(H3,15,16,17,18). The molecular formula is C14H23N5. The van der Waals surface area contributed by atoms with E-state index in [0.717, 1.165) is 23.5 Å². The molecule has 0 aliphatic carbocycles. The van der Waals surface area contributed by atoms with Crippen LogP contribution in [0.2, 0.25) is 0 Å². The molecule has 2 aliphatic rings. The van der Waals surface area contributed by atoms with Gasteiger partial charge in [0.25, 0.3) is 0 Å². The zero-order chi connectivity index (χ0) is 13.4. The van der Waals surface area contributed by atoms with Crippen LogP contribution in [0.1, 0.15) is 37.7 Å². The molecule has 5 heteroatoms. The minimum absolute atomic E-state index is 0.513. The predicted octanol–water partition coefficient (Wildman–Crippen LogP) is 1.79. The SMILES string of the molecule is Cc1c(N)ncnc1NC1CC2CCCC(C1)N2C. The second kappa shape index (κ2) is 4.96. The molecule has 3 heterocycles. The zero-order valence-corrected chi connectivity index (χ0v) is 11.8. The third-order valence-corrected chi connectivity index (χ3v) is 4.80. The third-order valence-electron chi connectivity index (χ3n) is 4.80. The smallest absolute Gasteiger partial charge is 0.134 e. The van der Waals surface area contributed by atoms with E-state index in [9.17, 15) is 0 Å². The Hall–Kier alpha value is -1.36. The van der Waals surface area contributed by atoms with Crippen molar-refractivity contribution in [3.8, 4) is 0 Å². The maximum atomic E-state index is 5.84. The van der Waals surface area contributed by atoms with Crippen LogP contribution in [0.5, 0.6) is 0 Å². The van der Waals surface area contributed by atoms with Gasteiger partial charge in [0.2, 0.25) is 0 Å². The fraction of sp³-hybridized carbons (Fsp3) is 0.714. The van der Waals surface area contributed by atoms with Crippen molar-refractivity contribution in [1.82, 2.24) is 14.9 Å². The number of hydrogen-bond donors (Lipinski definition) is 2.